The Morgan fingerprint density at radius 3 is 2.43 bits per heavy atom. The maximum atomic E-state index is 11.3. The monoisotopic (exact) mass is 316 g/mol. The number of hydrogen-bond donors (Lipinski definition) is 3. The molecule has 2 rings (SSSR count). The SMILES string of the molecule is CC(C)(NCc1cnc(N2CCOCC2)nc1)P(=O)(O)O. The van der Waals surface area contributed by atoms with Crippen molar-refractivity contribution in [1.82, 2.24) is 15.3 Å². The van der Waals surface area contributed by atoms with Gasteiger partial charge in [0.15, 0.2) is 0 Å². The van der Waals surface area contributed by atoms with Crippen molar-refractivity contribution in [2.24, 2.45) is 0 Å². The summed E-state index contributed by atoms with van der Waals surface area (Å²) in [7, 11) is -4.21. The van der Waals surface area contributed by atoms with Crippen LogP contribution in [0.4, 0.5) is 5.95 Å². The molecule has 118 valence electrons. The summed E-state index contributed by atoms with van der Waals surface area (Å²) in [6.07, 6.45) is 3.33. The van der Waals surface area contributed by atoms with E-state index in [1.54, 1.807) is 12.4 Å². The molecule has 0 spiro atoms. The molecule has 0 bridgehead atoms. The molecule has 8 nitrogen and oxygen atoms in total. The van der Waals surface area contributed by atoms with Crippen LogP contribution >= 0.6 is 7.60 Å². The third-order valence-corrected chi connectivity index (χ3v) is 5.05. The first kappa shape index (κ1) is 16.3. The average Bonchev–Trinajstić information content (AvgIpc) is 2.45. The van der Waals surface area contributed by atoms with Crippen LogP contribution in [0.5, 0.6) is 0 Å². The predicted octanol–water partition coefficient (Wildman–Crippen LogP) is 0.317. The van der Waals surface area contributed by atoms with E-state index in [2.05, 4.69) is 15.3 Å². The molecule has 0 atom stereocenters. The fourth-order valence-corrected chi connectivity index (χ4v) is 2.07. The van der Waals surface area contributed by atoms with E-state index in [1.807, 2.05) is 4.90 Å². The van der Waals surface area contributed by atoms with Crippen LogP contribution in [0.3, 0.4) is 0 Å². The topological polar surface area (TPSA) is 108 Å². The Hall–Kier alpha value is -1.05. The first-order chi connectivity index (χ1) is 9.79. The molecule has 1 fully saturated rings. The van der Waals surface area contributed by atoms with E-state index in [1.165, 1.54) is 13.8 Å². The molecule has 1 saturated heterocycles. The van der Waals surface area contributed by atoms with Gasteiger partial charge in [-0.05, 0) is 13.8 Å². The van der Waals surface area contributed by atoms with Gasteiger partial charge in [-0.2, -0.15) is 0 Å². The summed E-state index contributed by atoms with van der Waals surface area (Å²) in [5.41, 5.74) is 0.772. The number of nitrogens with one attached hydrogen (secondary N) is 1. The highest BCUT2D eigenvalue weighted by Gasteiger charge is 2.36. The minimum absolute atomic E-state index is 0.293. The highest BCUT2D eigenvalue weighted by Crippen LogP contribution is 2.48. The molecule has 1 aliphatic heterocycles. The molecule has 3 N–H and O–H groups in total. The van der Waals surface area contributed by atoms with E-state index in [0.717, 1.165) is 18.7 Å². The Morgan fingerprint density at radius 1 is 1.33 bits per heavy atom. The van der Waals surface area contributed by atoms with Crippen LogP contribution in [0.15, 0.2) is 12.4 Å². The van der Waals surface area contributed by atoms with Crippen LogP contribution < -0.4 is 10.2 Å². The fourth-order valence-electron chi connectivity index (χ4n) is 1.79. The third-order valence-electron chi connectivity index (χ3n) is 3.44. The predicted molar refractivity (Wildman–Crippen MR) is 78.0 cm³/mol. The summed E-state index contributed by atoms with van der Waals surface area (Å²) in [5, 5.41) is 1.56. The summed E-state index contributed by atoms with van der Waals surface area (Å²) in [5.74, 6) is 0.649. The van der Waals surface area contributed by atoms with Gasteiger partial charge in [-0.3, -0.25) is 9.88 Å². The molecule has 0 saturated carbocycles. The summed E-state index contributed by atoms with van der Waals surface area (Å²) < 4.78 is 16.6. The van der Waals surface area contributed by atoms with Crippen molar-refractivity contribution in [3.05, 3.63) is 18.0 Å². The summed E-state index contributed by atoms with van der Waals surface area (Å²) in [6, 6.07) is 0. The summed E-state index contributed by atoms with van der Waals surface area (Å²) >= 11 is 0. The number of rotatable bonds is 5. The molecule has 9 heteroatoms. The van der Waals surface area contributed by atoms with Gasteiger partial charge in [0, 0.05) is 37.6 Å². The van der Waals surface area contributed by atoms with Gasteiger partial charge < -0.3 is 19.4 Å². The maximum Gasteiger partial charge on any atom is 0.344 e. The zero-order valence-corrected chi connectivity index (χ0v) is 13.1. The molecule has 1 aromatic heterocycles. The lowest BCUT2D eigenvalue weighted by Crippen LogP contribution is -2.38. The van der Waals surface area contributed by atoms with Gasteiger partial charge in [-0.25, -0.2) is 9.97 Å². The minimum Gasteiger partial charge on any atom is -0.378 e. The van der Waals surface area contributed by atoms with Crippen LogP contribution in [0.25, 0.3) is 0 Å². The molecular weight excluding hydrogens is 295 g/mol. The van der Waals surface area contributed by atoms with Crippen LogP contribution in [-0.4, -0.2) is 51.3 Å². The van der Waals surface area contributed by atoms with E-state index in [9.17, 15) is 14.4 Å². The van der Waals surface area contributed by atoms with Crippen LogP contribution in [0.2, 0.25) is 0 Å². The highest BCUT2D eigenvalue weighted by molar-refractivity contribution is 7.53. The molecule has 0 radical (unpaired) electrons. The van der Waals surface area contributed by atoms with Gasteiger partial charge >= 0.3 is 7.60 Å². The Balaban J connectivity index is 1.95. The molecular formula is C12H21N4O4P. The first-order valence-corrected chi connectivity index (χ1v) is 8.35. The summed E-state index contributed by atoms with van der Waals surface area (Å²) in [4.78, 5) is 29.1. The average molecular weight is 316 g/mol. The van der Waals surface area contributed by atoms with Crippen molar-refractivity contribution >= 4 is 13.5 Å². The number of nitrogens with zero attached hydrogens (tertiary/aromatic N) is 3. The minimum atomic E-state index is -4.21. The van der Waals surface area contributed by atoms with Gasteiger partial charge in [0.25, 0.3) is 0 Å². The van der Waals surface area contributed by atoms with Crippen LogP contribution in [0, 0.1) is 0 Å². The zero-order chi connectivity index (χ0) is 15.5. The van der Waals surface area contributed by atoms with Gasteiger partial charge in [0.2, 0.25) is 5.95 Å². The van der Waals surface area contributed by atoms with E-state index in [4.69, 9.17) is 4.74 Å². The lowest BCUT2D eigenvalue weighted by Gasteiger charge is -2.28. The van der Waals surface area contributed by atoms with Gasteiger partial charge in [0.1, 0.15) is 5.28 Å². The maximum absolute atomic E-state index is 11.3. The van der Waals surface area contributed by atoms with E-state index in [-0.39, 0.29) is 0 Å². The third kappa shape index (κ3) is 4.21. The number of ether oxygens (including phenoxy) is 1. The quantitative estimate of drug-likeness (QED) is 0.667. The normalized spacial score (nSPS) is 17.0. The van der Waals surface area contributed by atoms with Crippen molar-refractivity contribution in [2.45, 2.75) is 25.7 Å². The Bertz CT molecular complexity index is 510. The van der Waals surface area contributed by atoms with Gasteiger partial charge in [-0.1, -0.05) is 0 Å². The molecule has 2 heterocycles. The largest absolute Gasteiger partial charge is 0.378 e. The van der Waals surface area contributed by atoms with Crippen molar-refractivity contribution in [2.75, 3.05) is 31.2 Å². The van der Waals surface area contributed by atoms with Crippen LogP contribution in [0.1, 0.15) is 19.4 Å². The second-order valence-corrected chi connectivity index (χ2v) is 7.65. The van der Waals surface area contributed by atoms with E-state index >= 15 is 0 Å². The Labute approximate surface area is 123 Å². The number of anilines is 1. The molecule has 1 aromatic rings. The summed E-state index contributed by atoms with van der Waals surface area (Å²) in [6.45, 7) is 6.10. The number of hydrogen-bond acceptors (Lipinski definition) is 6. The van der Waals surface area contributed by atoms with Gasteiger partial charge in [0.05, 0.1) is 13.2 Å². The molecule has 0 aliphatic carbocycles. The standard InChI is InChI=1S/C12H21N4O4P/c1-12(2,21(17,18)19)15-9-10-7-13-11(14-8-10)16-3-5-20-6-4-16/h7-8,15H,3-6,9H2,1-2H3,(H2,17,18,19). The van der Waals surface area contributed by atoms with E-state index in [0.29, 0.717) is 25.7 Å². The fraction of sp³-hybridized carbons (Fsp3) is 0.667. The van der Waals surface area contributed by atoms with Crippen LogP contribution in [-0.2, 0) is 15.8 Å². The Kier molecular flexibility index (Phi) is 4.95. The molecule has 0 amide bonds. The zero-order valence-electron chi connectivity index (χ0n) is 12.2. The molecule has 0 unspecified atom stereocenters. The van der Waals surface area contributed by atoms with Crippen molar-refractivity contribution in [1.29, 1.82) is 0 Å². The molecule has 0 aromatic carbocycles. The van der Waals surface area contributed by atoms with Crippen molar-refractivity contribution in [3.63, 3.8) is 0 Å². The molecule has 21 heavy (non-hydrogen) atoms. The lowest BCUT2D eigenvalue weighted by molar-refractivity contribution is 0.122. The van der Waals surface area contributed by atoms with Crippen molar-refractivity contribution in [3.8, 4) is 0 Å². The highest BCUT2D eigenvalue weighted by atomic mass is 31.2. The number of aromatic nitrogens is 2. The van der Waals surface area contributed by atoms with Gasteiger partial charge in [-0.15, -0.1) is 0 Å². The Morgan fingerprint density at radius 2 is 1.90 bits per heavy atom. The molecule has 1 aliphatic rings. The second-order valence-electron chi connectivity index (χ2n) is 5.45. The number of morpholine rings is 1. The smallest absolute Gasteiger partial charge is 0.344 e. The lowest BCUT2D eigenvalue weighted by atomic mass is 10.3. The first-order valence-electron chi connectivity index (χ1n) is 6.74. The van der Waals surface area contributed by atoms with Crippen molar-refractivity contribution < 1.29 is 19.1 Å². The van der Waals surface area contributed by atoms with E-state index < -0.39 is 12.9 Å². The second kappa shape index (κ2) is 6.37.